The van der Waals surface area contributed by atoms with Crippen molar-refractivity contribution in [3.63, 3.8) is 0 Å². The van der Waals surface area contributed by atoms with E-state index in [0.29, 0.717) is 37.3 Å². The molecule has 0 aromatic heterocycles. The summed E-state index contributed by atoms with van der Waals surface area (Å²) in [6.07, 6.45) is 0.380. The molecule has 1 fully saturated rings. The van der Waals surface area contributed by atoms with Crippen LogP contribution in [0.3, 0.4) is 0 Å². The largest absolute Gasteiger partial charge is 0.311 e. The average Bonchev–Trinajstić information content (AvgIpc) is 3.08. The van der Waals surface area contributed by atoms with Crippen LogP contribution >= 0.6 is 12.4 Å². The fourth-order valence-corrected chi connectivity index (χ4v) is 6.35. The first-order valence-corrected chi connectivity index (χ1v) is 13.4. The zero-order valence-electron chi connectivity index (χ0n) is 21.0. The molecule has 196 valence electrons. The summed E-state index contributed by atoms with van der Waals surface area (Å²) in [4.78, 5) is 29.0. The smallest absolute Gasteiger partial charge is 0.241 e. The number of anilines is 1. The summed E-state index contributed by atoms with van der Waals surface area (Å²) in [5, 5.41) is 3.30. The van der Waals surface area contributed by atoms with Gasteiger partial charge in [-0.2, -0.15) is 0 Å². The van der Waals surface area contributed by atoms with Crippen LogP contribution < -0.4 is 10.2 Å². The van der Waals surface area contributed by atoms with E-state index in [1.54, 1.807) is 23.1 Å². The Morgan fingerprint density at radius 3 is 2.47 bits per heavy atom. The Bertz CT molecular complexity index is 1250. The predicted molar refractivity (Wildman–Crippen MR) is 139 cm³/mol. The van der Waals surface area contributed by atoms with Crippen LogP contribution in [0.1, 0.15) is 39.7 Å². The number of rotatable bonds is 6. The molecule has 2 aromatic carbocycles. The average molecular weight is 538 g/mol. The highest BCUT2D eigenvalue weighted by Gasteiger charge is 2.41. The van der Waals surface area contributed by atoms with Gasteiger partial charge in [0.2, 0.25) is 15.7 Å². The van der Waals surface area contributed by atoms with Crippen molar-refractivity contribution in [1.29, 1.82) is 0 Å². The number of halogens is 2. The molecule has 7 nitrogen and oxygen atoms in total. The minimum atomic E-state index is -4.11. The number of hydrogen-bond donors (Lipinski definition) is 1. The number of amides is 1. The third-order valence-electron chi connectivity index (χ3n) is 6.93. The van der Waals surface area contributed by atoms with Crippen molar-refractivity contribution >= 4 is 39.6 Å². The van der Waals surface area contributed by atoms with Crippen LogP contribution in [-0.4, -0.2) is 63.3 Å². The van der Waals surface area contributed by atoms with Gasteiger partial charge in [-0.3, -0.25) is 14.5 Å². The van der Waals surface area contributed by atoms with Crippen molar-refractivity contribution in [3.05, 3.63) is 53.8 Å². The minimum Gasteiger partial charge on any atom is -0.311 e. The summed E-state index contributed by atoms with van der Waals surface area (Å²) in [7, 11) is -4.11. The minimum absolute atomic E-state index is 0. The molecule has 0 radical (unpaired) electrons. The zero-order valence-corrected chi connectivity index (χ0v) is 22.6. The SMILES string of the molecule is CCC(=O)[C@H]1CN[C@H](C)CN1CC(=O)N1CC(C)(C)c2cc(F)c(S(=O)(=O)c3ccccc3)cc21.Cl. The highest BCUT2D eigenvalue weighted by molar-refractivity contribution is 7.91. The van der Waals surface area contributed by atoms with Crippen LogP contribution in [0.25, 0.3) is 0 Å². The van der Waals surface area contributed by atoms with Gasteiger partial charge in [0.25, 0.3) is 0 Å². The summed E-state index contributed by atoms with van der Waals surface area (Å²) >= 11 is 0. The molecule has 1 saturated heterocycles. The third-order valence-corrected chi connectivity index (χ3v) is 8.72. The van der Waals surface area contributed by atoms with Gasteiger partial charge in [0.15, 0.2) is 5.78 Å². The van der Waals surface area contributed by atoms with E-state index in [-0.39, 0.29) is 41.6 Å². The van der Waals surface area contributed by atoms with Gasteiger partial charge in [-0.25, -0.2) is 12.8 Å². The van der Waals surface area contributed by atoms with Gasteiger partial charge in [0.1, 0.15) is 10.7 Å². The second-order valence-corrected chi connectivity index (χ2v) is 12.0. The quantitative estimate of drug-likeness (QED) is 0.608. The lowest BCUT2D eigenvalue weighted by atomic mass is 9.87. The number of Topliss-reactive ketones (excluding diaryl/α,β-unsaturated/α-hetero) is 1. The molecule has 2 aliphatic rings. The number of benzene rings is 2. The Morgan fingerprint density at radius 2 is 1.83 bits per heavy atom. The number of sulfone groups is 1. The summed E-state index contributed by atoms with van der Waals surface area (Å²) in [5.41, 5.74) is 0.429. The lowest BCUT2D eigenvalue weighted by molar-refractivity contribution is -0.127. The van der Waals surface area contributed by atoms with E-state index >= 15 is 4.39 Å². The molecule has 4 rings (SSSR count). The van der Waals surface area contributed by atoms with Crippen LogP contribution in [-0.2, 0) is 24.8 Å². The molecule has 2 atom stereocenters. The van der Waals surface area contributed by atoms with Gasteiger partial charge < -0.3 is 10.2 Å². The molecular formula is C26H33ClFN3O4S. The maximum Gasteiger partial charge on any atom is 0.241 e. The van der Waals surface area contributed by atoms with E-state index in [2.05, 4.69) is 5.32 Å². The van der Waals surface area contributed by atoms with E-state index in [0.717, 1.165) is 0 Å². The number of nitrogens with zero attached hydrogens (tertiary/aromatic N) is 2. The first kappa shape index (κ1) is 28.2. The lowest BCUT2D eigenvalue weighted by Gasteiger charge is -2.38. The molecule has 0 aliphatic carbocycles. The highest BCUT2D eigenvalue weighted by atomic mass is 35.5. The van der Waals surface area contributed by atoms with Crippen molar-refractivity contribution in [2.75, 3.05) is 31.1 Å². The number of ketones is 1. The van der Waals surface area contributed by atoms with Gasteiger partial charge >= 0.3 is 0 Å². The zero-order chi connectivity index (χ0) is 25.5. The normalized spacial score (nSPS) is 21.5. The lowest BCUT2D eigenvalue weighted by Crippen LogP contribution is -2.60. The Labute approximate surface area is 218 Å². The van der Waals surface area contributed by atoms with Crippen molar-refractivity contribution in [2.24, 2.45) is 0 Å². The highest BCUT2D eigenvalue weighted by Crippen LogP contribution is 2.43. The van der Waals surface area contributed by atoms with Crippen LogP contribution in [0, 0.1) is 5.82 Å². The molecule has 0 saturated carbocycles. The number of fused-ring (bicyclic) bond motifs is 1. The topological polar surface area (TPSA) is 86.8 Å². The van der Waals surface area contributed by atoms with E-state index < -0.39 is 32.0 Å². The molecule has 0 unspecified atom stereocenters. The molecular weight excluding hydrogens is 505 g/mol. The number of hydrogen-bond acceptors (Lipinski definition) is 6. The predicted octanol–water partition coefficient (Wildman–Crippen LogP) is 3.35. The third kappa shape index (κ3) is 5.20. The van der Waals surface area contributed by atoms with Crippen LogP contribution in [0.2, 0.25) is 0 Å². The van der Waals surface area contributed by atoms with Gasteiger partial charge in [-0.05, 0) is 36.8 Å². The van der Waals surface area contributed by atoms with Gasteiger partial charge in [0, 0.05) is 43.2 Å². The summed E-state index contributed by atoms with van der Waals surface area (Å²) in [6.45, 7) is 8.96. The van der Waals surface area contributed by atoms with Crippen molar-refractivity contribution < 1.29 is 22.4 Å². The number of nitrogens with one attached hydrogen (secondary N) is 1. The Kier molecular flexibility index (Phi) is 8.30. The first-order valence-electron chi connectivity index (χ1n) is 11.9. The molecule has 2 aromatic rings. The van der Waals surface area contributed by atoms with Crippen LogP contribution in [0.15, 0.2) is 52.3 Å². The Balaban J connectivity index is 0.00000361. The van der Waals surface area contributed by atoms with Crippen molar-refractivity contribution in [2.45, 2.75) is 61.4 Å². The fraction of sp³-hybridized carbons (Fsp3) is 0.462. The summed E-state index contributed by atoms with van der Waals surface area (Å²) < 4.78 is 41.6. The van der Waals surface area contributed by atoms with Crippen LogP contribution in [0.4, 0.5) is 10.1 Å². The first-order chi connectivity index (χ1) is 16.5. The molecule has 10 heteroatoms. The summed E-state index contributed by atoms with van der Waals surface area (Å²) in [5.74, 6) is -1.01. The van der Waals surface area contributed by atoms with Crippen molar-refractivity contribution in [1.82, 2.24) is 10.2 Å². The van der Waals surface area contributed by atoms with E-state index in [1.165, 1.54) is 24.3 Å². The second kappa shape index (κ2) is 10.6. The summed E-state index contributed by atoms with van der Waals surface area (Å²) in [6, 6.07) is 9.97. The molecule has 2 heterocycles. The molecule has 0 spiro atoms. The van der Waals surface area contributed by atoms with E-state index in [4.69, 9.17) is 0 Å². The molecule has 2 aliphatic heterocycles. The van der Waals surface area contributed by atoms with Gasteiger partial charge in [-0.1, -0.05) is 39.0 Å². The Morgan fingerprint density at radius 1 is 1.17 bits per heavy atom. The van der Waals surface area contributed by atoms with Crippen molar-refractivity contribution in [3.8, 4) is 0 Å². The molecule has 36 heavy (non-hydrogen) atoms. The molecule has 1 amide bonds. The number of carbonyl (C=O) groups excluding carboxylic acids is 2. The number of piperazine rings is 1. The van der Waals surface area contributed by atoms with Crippen LogP contribution in [0.5, 0.6) is 0 Å². The monoisotopic (exact) mass is 537 g/mol. The number of carbonyl (C=O) groups is 2. The molecule has 1 N–H and O–H groups in total. The van der Waals surface area contributed by atoms with E-state index in [9.17, 15) is 18.0 Å². The van der Waals surface area contributed by atoms with Gasteiger partial charge in [-0.15, -0.1) is 12.4 Å². The molecule has 0 bridgehead atoms. The standard InChI is InChI=1S/C26H32FN3O4S.ClH/c1-5-23(31)22-13-28-17(2)14-29(22)15-25(32)30-16-26(3,4)19-11-20(27)24(12-21(19)30)35(33,34)18-9-7-6-8-10-18;/h6-12,17,22,28H,5,13-16H2,1-4H3;1H/t17-,22-;/m1./s1. The van der Waals surface area contributed by atoms with E-state index in [1.807, 2.05) is 32.6 Å². The maximum atomic E-state index is 15.2. The van der Waals surface area contributed by atoms with Gasteiger partial charge in [0.05, 0.1) is 17.5 Å². The Hall–Kier alpha value is -2.33. The second-order valence-electron chi connectivity index (χ2n) is 10.1. The maximum absolute atomic E-state index is 15.2. The fourth-order valence-electron chi connectivity index (χ4n) is 5.00.